The van der Waals surface area contributed by atoms with Crippen molar-refractivity contribution in [2.75, 3.05) is 0 Å². The van der Waals surface area contributed by atoms with Crippen LogP contribution in [0.5, 0.6) is 11.6 Å². The van der Waals surface area contributed by atoms with Gasteiger partial charge in [-0.1, -0.05) is 25.5 Å². The van der Waals surface area contributed by atoms with Gasteiger partial charge < -0.3 is 9.84 Å². The normalized spacial score (nSPS) is 10.4. The molecule has 0 atom stereocenters. The molecule has 110 valence electrons. The summed E-state index contributed by atoms with van der Waals surface area (Å²) in [5.74, 6) is -0.494. The molecule has 0 radical (unpaired) electrons. The highest BCUT2D eigenvalue weighted by Crippen LogP contribution is 2.26. The maximum Gasteiger partial charge on any atom is 0.341 e. The SMILES string of the molecule is CCCc1ccc(Oc2nnc(C)c(C)c2C(=O)O)cc1. The van der Waals surface area contributed by atoms with E-state index in [2.05, 4.69) is 17.1 Å². The first-order valence-electron chi connectivity index (χ1n) is 6.87. The summed E-state index contributed by atoms with van der Waals surface area (Å²) in [4.78, 5) is 11.4. The molecule has 1 aromatic heterocycles. The van der Waals surface area contributed by atoms with Crippen LogP contribution in [-0.4, -0.2) is 21.3 Å². The van der Waals surface area contributed by atoms with E-state index in [1.54, 1.807) is 13.8 Å². The van der Waals surface area contributed by atoms with Gasteiger partial charge in [0.2, 0.25) is 0 Å². The Morgan fingerprint density at radius 1 is 1.19 bits per heavy atom. The quantitative estimate of drug-likeness (QED) is 0.910. The van der Waals surface area contributed by atoms with E-state index in [1.807, 2.05) is 24.3 Å². The van der Waals surface area contributed by atoms with Gasteiger partial charge in [-0.25, -0.2) is 4.79 Å². The molecule has 5 nitrogen and oxygen atoms in total. The highest BCUT2D eigenvalue weighted by molar-refractivity contribution is 5.92. The minimum atomic E-state index is -1.07. The van der Waals surface area contributed by atoms with E-state index in [4.69, 9.17) is 4.74 Å². The fourth-order valence-electron chi connectivity index (χ4n) is 2.03. The molecule has 0 bridgehead atoms. The average molecular weight is 286 g/mol. The number of carbonyl (C=O) groups is 1. The number of ether oxygens (including phenoxy) is 1. The van der Waals surface area contributed by atoms with Crippen molar-refractivity contribution in [3.63, 3.8) is 0 Å². The molecule has 2 aromatic rings. The third kappa shape index (κ3) is 3.37. The van der Waals surface area contributed by atoms with Crippen molar-refractivity contribution in [1.82, 2.24) is 10.2 Å². The number of aromatic carboxylic acids is 1. The zero-order valence-electron chi connectivity index (χ0n) is 12.4. The van der Waals surface area contributed by atoms with Crippen LogP contribution in [0.2, 0.25) is 0 Å². The molecule has 0 aliphatic carbocycles. The number of aryl methyl sites for hydroxylation is 2. The maximum atomic E-state index is 11.4. The monoisotopic (exact) mass is 286 g/mol. The van der Waals surface area contributed by atoms with Crippen LogP contribution in [0.3, 0.4) is 0 Å². The van der Waals surface area contributed by atoms with Gasteiger partial charge in [-0.2, -0.15) is 5.10 Å². The number of hydrogen-bond acceptors (Lipinski definition) is 4. The molecule has 0 spiro atoms. The summed E-state index contributed by atoms with van der Waals surface area (Å²) < 4.78 is 5.59. The molecule has 1 aromatic carbocycles. The molecule has 0 aliphatic rings. The maximum absolute atomic E-state index is 11.4. The number of benzene rings is 1. The summed E-state index contributed by atoms with van der Waals surface area (Å²) in [7, 11) is 0. The molecule has 1 N–H and O–H groups in total. The summed E-state index contributed by atoms with van der Waals surface area (Å²) in [6.45, 7) is 5.54. The molecular weight excluding hydrogens is 268 g/mol. The van der Waals surface area contributed by atoms with E-state index < -0.39 is 5.97 Å². The van der Waals surface area contributed by atoms with Gasteiger partial charge in [0.25, 0.3) is 5.88 Å². The molecule has 0 unspecified atom stereocenters. The van der Waals surface area contributed by atoms with E-state index >= 15 is 0 Å². The largest absolute Gasteiger partial charge is 0.477 e. The smallest absolute Gasteiger partial charge is 0.341 e. The zero-order chi connectivity index (χ0) is 15.4. The van der Waals surface area contributed by atoms with Crippen molar-refractivity contribution in [1.29, 1.82) is 0 Å². The van der Waals surface area contributed by atoms with Gasteiger partial charge in [0.15, 0.2) is 0 Å². The van der Waals surface area contributed by atoms with Gasteiger partial charge in [-0.05, 0) is 43.5 Å². The van der Waals surface area contributed by atoms with E-state index in [1.165, 1.54) is 5.56 Å². The van der Waals surface area contributed by atoms with Gasteiger partial charge in [-0.15, -0.1) is 5.10 Å². The summed E-state index contributed by atoms with van der Waals surface area (Å²) >= 11 is 0. The van der Waals surface area contributed by atoms with Gasteiger partial charge in [0.05, 0.1) is 5.69 Å². The van der Waals surface area contributed by atoms with Crippen molar-refractivity contribution in [3.8, 4) is 11.6 Å². The van der Waals surface area contributed by atoms with Crippen LogP contribution >= 0.6 is 0 Å². The summed E-state index contributed by atoms with van der Waals surface area (Å²) in [5, 5.41) is 17.1. The van der Waals surface area contributed by atoms with Crippen LogP contribution in [0.25, 0.3) is 0 Å². The second-order valence-electron chi connectivity index (χ2n) is 4.89. The second-order valence-corrected chi connectivity index (χ2v) is 4.89. The van der Waals surface area contributed by atoms with Crippen molar-refractivity contribution in [3.05, 3.63) is 46.6 Å². The third-order valence-electron chi connectivity index (χ3n) is 3.31. The highest BCUT2D eigenvalue weighted by Gasteiger charge is 2.19. The number of rotatable bonds is 5. The first kappa shape index (κ1) is 15.0. The van der Waals surface area contributed by atoms with Crippen LogP contribution in [0, 0.1) is 13.8 Å². The second kappa shape index (κ2) is 6.35. The minimum Gasteiger partial charge on any atom is -0.477 e. The van der Waals surface area contributed by atoms with Crippen molar-refractivity contribution in [2.24, 2.45) is 0 Å². The Bertz CT molecular complexity index is 651. The number of aromatic nitrogens is 2. The lowest BCUT2D eigenvalue weighted by molar-refractivity contribution is 0.0692. The molecule has 1 heterocycles. The van der Waals surface area contributed by atoms with E-state index in [0.717, 1.165) is 12.8 Å². The molecule has 2 rings (SSSR count). The molecular formula is C16H18N2O3. The highest BCUT2D eigenvalue weighted by atomic mass is 16.5. The van der Waals surface area contributed by atoms with Crippen LogP contribution in [0.15, 0.2) is 24.3 Å². The first-order valence-corrected chi connectivity index (χ1v) is 6.87. The van der Waals surface area contributed by atoms with Crippen molar-refractivity contribution < 1.29 is 14.6 Å². The number of nitrogens with zero attached hydrogens (tertiary/aromatic N) is 2. The lowest BCUT2D eigenvalue weighted by Gasteiger charge is -2.10. The molecule has 0 saturated heterocycles. The van der Waals surface area contributed by atoms with E-state index in [9.17, 15) is 9.90 Å². The summed E-state index contributed by atoms with van der Waals surface area (Å²) in [6.07, 6.45) is 2.08. The van der Waals surface area contributed by atoms with E-state index in [0.29, 0.717) is 17.0 Å². The fraction of sp³-hybridized carbons (Fsp3) is 0.312. The zero-order valence-corrected chi connectivity index (χ0v) is 12.4. The Labute approximate surface area is 123 Å². The Hall–Kier alpha value is -2.43. The number of carboxylic acid groups (broad SMARTS) is 1. The molecule has 0 saturated carbocycles. The Balaban J connectivity index is 2.31. The Morgan fingerprint density at radius 3 is 2.43 bits per heavy atom. The molecule has 0 fully saturated rings. The third-order valence-corrected chi connectivity index (χ3v) is 3.31. The number of carboxylic acids is 1. The van der Waals surface area contributed by atoms with Gasteiger partial charge >= 0.3 is 5.97 Å². The standard InChI is InChI=1S/C16H18N2O3/c1-4-5-12-6-8-13(9-7-12)21-15-14(16(19)20)10(2)11(3)17-18-15/h6-9H,4-5H2,1-3H3,(H,19,20). The fourth-order valence-corrected chi connectivity index (χ4v) is 2.03. The lowest BCUT2D eigenvalue weighted by atomic mass is 10.1. The molecule has 5 heteroatoms. The summed E-state index contributed by atoms with van der Waals surface area (Å²) in [5.41, 5.74) is 2.42. The Kier molecular flexibility index (Phi) is 4.52. The topological polar surface area (TPSA) is 72.3 Å². The van der Waals surface area contributed by atoms with Crippen molar-refractivity contribution in [2.45, 2.75) is 33.6 Å². The number of hydrogen-bond donors (Lipinski definition) is 1. The van der Waals surface area contributed by atoms with Crippen molar-refractivity contribution >= 4 is 5.97 Å². The van der Waals surface area contributed by atoms with E-state index in [-0.39, 0.29) is 11.4 Å². The molecule has 0 aliphatic heterocycles. The van der Waals surface area contributed by atoms with Crippen LogP contribution in [0.4, 0.5) is 0 Å². The minimum absolute atomic E-state index is 0.0221. The average Bonchev–Trinajstić information content (AvgIpc) is 2.45. The lowest BCUT2D eigenvalue weighted by Crippen LogP contribution is -2.08. The molecule has 0 amide bonds. The van der Waals surface area contributed by atoms with Gasteiger partial charge in [0.1, 0.15) is 11.3 Å². The first-order chi connectivity index (χ1) is 10.0. The van der Waals surface area contributed by atoms with Gasteiger partial charge in [0, 0.05) is 0 Å². The molecule has 21 heavy (non-hydrogen) atoms. The van der Waals surface area contributed by atoms with Crippen LogP contribution < -0.4 is 4.74 Å². The van der Waals surface area contributed by atoms with Gasteiger partial charge in [-0.3, -0.25) is 0 Å². The predicted octanol–water partition coefficient (Wildman–Crippen LogP) is 3.54. The van der Waals surface area contributed by atoms with Crippen LogP contribution in [0.1, 0.15) is 40.5 Å². The van der Waals surface area contributed by atoms with Crippen LogP contribution in [-0.2, 0) is 6.42 Å². The Morgan fingerprint density at radius 2 is 1.86 bits per heavy atom. The predicted molar refractivity (Wildman–Crippen MR) is 79.0 cm³/mol. The summed E-state index contributed by atoms with van der Waals surface area (Å²) in [6, 6.07) is 7.56.